The summed E-state index contributed by atoms with van der Waals surface area (Å²) in [5, 5.41) is 17.7. The normalized spacial score (nSPS) is 22.3. The third-order valence-corrected chi connectivity index (χ3v) is 6.47. The third-order valence-electron chi connectivity index (χ3n) is 6.47. The summed E-state index contributed by atoms with van der Waals surface area (Å²) in [7, 11) is 0. The molecule has 0 saturated carbocycles. The van der Waals surface area contributed by atoms with E-state index in [-0.39, 0.29) is 29.9 Å². The van der Waals surface area contributed by atoms with Crippen molar-refractivity contribution in [1.82, 2.24) is 14.6 Å². The van der Waals surface area contributed by atoms with E-state index < -0.39 is 59.6 Å². The van der Waals surface area contributed by atoms with Gasteiger partial charge >= 0.3 is 17.9 Å². The average Bonchev–Trinajstić information content (AvgIpc) is 3.47. The lowest BCUT2D eigenvalue weighted by Crippen LogP contribution is -2.47. The van der Waals surface area contributed by atoms with Crippen molar-refractivity contribution in [2.75, 3.05) is 11.9 Å². The number of esters is 3. The zero-order chi connectivity index (χ0) is 30.6. The van der Waals surface area contributed by atoms with Crippen LogP contribution in [0.2, 0.25) is 0 Å². The highest BCUT2D eigenvalue weighted by molar-refractivity contribution is 5.94. The summed E-state index contributed by atoms with van der Waals surface area (Å²) in [6, 6.07) is 5.22. The van der Waals surface area contributed by atoms with Crippen LogP contribution in [-0.4, -0.2) is 63.3 Å². The SMILES string of the molecule is CC(C)C(=O)Nc1ncnn2c([C@]3(C#N)O[C@H](COC(=O)C(C)C)[C@@H](OC(=O)C(C)C)[C@H]3OC(=O)C(C)C)ccc12. The second-order valence-corrected chi connectivity index (χ2v) is 11.1. The molecule has 1 aliphatic heterocycles. The van der Waals surface area contributed by atoms with E-state index in [9.17, 15) is 24.4 Å². The molecule has 0 spiro atoms. The number of ether oxygens (including phenoxy) is 4. The van der Waals surface area contributed by atoms with Gasteiger partial charge in [-0.1, -0.05) is 55.4 Å². The Morgan fingerprint density at radius 1 is 0.976 bits per heavy atom. The Hall–Kier alpha value is -4.05. The standard InChI is InChI=1S/C28H37N5O8/c1-14(2)24(34)32-23-18-9-10-20(33(18)31-13-30-23)28(12-29)22(40-27(37)17(7)8)21(39-26(36)16(5)6)19(41-28)11-38-25(35)15(3)4/h9-10,13-17,19,21-22H,11H2,1-8H3,(H,30,31,32,34)/t19-,21-,22-,28+/m1/s1. The molecule has 2 aromatic rings. The molecule has 222 valence electrons. The number of amides is 1. The molecule has 1 amide bonds. The smallest absolute Gasteiger partial charge is 0.308 e. The van der Waals surface area contributed by atoms with Crippen LogP contribution >= 0.6 is 0 Å². The van der Waals surface area contributed by atoms with Crippen LogP contribution in [0.3, 0.4) is 0 Å². The molecule has 3 rings (SSSR count). The number of aromatic nitrogens is 3. The van der Waals surface area contributed by atoms with Gasteiger partial charge in [0.2, 0.25) is 11.5 Å². The van der Waals surface area contributed by atoms with Crippen LogP contribution in [0.5, 0.6) is 0 Å². The summed E-state index contributed by atoms with van der Waals surface area (Å²) in [5.74, 6) is -3.82. The fourth-order valence-electron chi connectivity index (χ4n) is 4.00. The first-order chi connectivity index (χ1) is 19.2. The van der Waals surface area contributed by atoms with Gasteiger partial charge in [0.15, 0.2) is 18.0 Å². The quantitative estimate of drug-likeness (QED) is 0.328. The molecule has 0 radical (unpaired) electrons. The zero-order valence-corrected chi connectivity index (χ0v) is 24.5. The van der Waals surface area contributed by atoms with E-state index >= 15 is 0 Å². The van der Waals surface area contributed by atoms with Gasteiger partial charge < -0.3 is 24.3 Å². The molecule has 2 aromatic heterocycles. The molecule has 1 N–H and O–H groups in total. The molecule has 0 bridgehead atoms. The average molecular weight is 572 g/mol. The van der Waals surface area contributed by atoms with Crippen molar-refractivity contribution in [3.63, 3.8) is 0 Å². The van der Waals surface area contributed by atoms with E-state index in [1.165, 1.54) is 16.9 Å². The Morgan fingerprint density at radius 3 is 2.15 bits per heavy atom. The fraction of sp³-hybridized carbons (Fsp3) is 0.607. The zero-order valence-electron chi connectivity index (χ0n) is 24.5. The van der Waals surface area contributed by atoms with Crippen molar-refractivity contribution in [2.45, 2.75) is 79.3 Å². The molecule has 3 heterocycles. The second kappa shape index (κ2) is 12.6. The number of nitriles is 1. The van der Waals surface area contributed by atoms with Gasteiger partial charge in [0.1, 0.15) is 30.6 Å². The maximum Gasteiger partial charge on any atom is 0.308 e. The van der Waals surface area contributed by atoms with Crippen molar-refractivity contribution in [3.05, 3.63) is 24.2 Å². The molecule has 41 heavy (non-hydrogen) atoms. The van der Waals surface area contributed by atoms with Crippen LogP contribution in [0.25, 0.3) is 5.52 Å². The highest BCUT2D eigenvalue weighted by Gasteiger charge is 2.63. The molecule has 1 fully saturated rings. The summed E-state index contributed by atoms with van der Waals surface area (Å²) in [4.78, 5) is 54.5. The number of nitrogens with zero attached hydrogens (tertiary/aromatic N) is 4. The van der Waals surface area contributed by atoms with Crippen LogP contribution in [0, 0.1) is 35.0 Å². The maximum absolute atomic E-state index is 12.9. The van der Waals surface area contributed by atoms with Gasteiger partial charge in [0, 0.05) is 5.92 Å². The van der Waals surface area contributed by atoms with Gasteiger partial charge in [-0.25, -0.2) is 9.50 Å². The molecular weight excluding hydrogens is 534 g/mol. The Bertz CT molecular complexity index is 1340. The molecule has 1 saturated heterocycles. The number of carbonyl (C=O) groups excluding carboxylic acids is 4. The Morgan fingerprint density at radius 2 is 1.59 bits per heavy atom. The lowest BCUT2D eigenvalue weighted by atomic mass is 9.91. The number of hydrogen-bond acceptors (Lipinski definition) is 11. The minimum Gasteiger partial charge on any atom is -0.463 e. The van der Waals surface area contributed by atoms with Gasteiger partial charge in [0.25, 0.3) is 0 Å². The monoisotopic (exact) mass is 571 g/mol. The lowest BCUT2D eigenvalue weighted by Gasteiger charge is -2.29. The van der Waals surface area contributed by atoms with Crippen LogP contribution in [0.1, 0.15) is 61.1 Å². The van der Waals surface area contributed by atoms with Crippen molar-refractivity contribution in [2.24, 2.45) is 23.7 Å². The van der Waals surface area contributed by atoms with E-state index in [0.717, 1.165) is 0 Å². The van der Waals surface area contributed by atoms with Crippen LogP contribution in [-0.2, 0) is 43.7 Å². The Labute approximate surface area is 238 Å². The van der Waals surface area contributed by atoms with Crippen molar-refractivity contribution >= 4 is 35.1 Å². The highest BCUT2D eigenvalue weighted by Crippen LogP contribution is 2.44. The number of anilines is 1. The van der Waals surface area contributed by atoms with Crippen molar-refractivity contribution in [3.8, 4) is 6.07 Å². The van der Waals surface area contributed by atoms with Crippen LogP contribution in [0.4, 0.5) is 5.82 Å². The van der Waals surface area contributed by atoms with E-state index in [1.807, 2.05) is 0 Å². The van der Waals surface area contributed by atoms with Gasteiger partial charge in [-0.15, -0.1) is 0 Å². The molecule has 0 unspecified atom stereocenters. The van der Waals surface area contributed by atoms with E-state index in [0.29, 0.717) is 5.52 Å². The predicted octanol–water partition coefficient (Wildman–Crippen LogP) is 2.78. The van der Waals surface area contributed by atoms with E-state index in [4.69, 9.17) is 18.9 Å². The largest absolute Gasteiger partial charge is 0.463 e. The van der Waals surface area contributed by atoms with Gasteiger partial charge in [-0.05, 0) is 12.1 Å². The maximum atomic E-state index is 12.9. The summed E-state index contributed by atoms with van der Waals surface area (Å²) in [6.07, 6.45) is -2.74. The molecule has 4 atom stereocenters. The van der Waals surface area contributed by atoms with Gasteiger partial charge in [-0.3, -0.25) is 19.2 Å². The summed E-state index contributed by atoms with van der Waals surface area (Å²) in [5.41, 5.74) is -1.59. The third kappa shape index (κ3) is 6.48. The van der Waals surface area contributed by atoms with Crippen LogP contribution < -0.4 is 5.32 Å². The fourth-order valence-corrected chi connectivity index (χ4v) is 4.00. The Kier molecular flexibility index (Phi) is 9.70. The molecule has 0 aromatic carbocycles. The summed E-state index contributed by atoms with van der Waals surface area (Å²) < 4.78 is 24.6. The lowest BCUT2D eigenvalue weighted by molar-refractivity contribution is -0.174. The van der Waals surface area contributed by atoms with Crippen molar-refractivity contribution in [1.29, 1.82) is 5.26 Å². The van der Waals surface area contributed by atoms with Gasteiger partial charge in [0.05, 0.1) is 23.4 Å². The summed E-state index contributed by atoms with van der Waals surface area (Å²) in [6.45, 7) is 12.9. The first-order valence-corrected chi connectivity index (χ1v) is 13.5. The Balaban J connectivity index is 2.18. The number of fused-ring (bicyclic) bond motifs is 1. The molecule has 0 aliphatic carbocycles. The van der Waals surface area contributed by atoms with E-state index in [1.54, 1.807) is 61.5 Å². The first kappa shape index (κ1) is 31.5. The minimum absolute atomic E-state index is 0.127. The minimum atomic E-state index is -2.05. The van der Waals surface area contributed by atoms with Gasteiger partial charge in [-0.2, -0.15) is 10.4 Å². The number of rotatable bonds is 10. The molecule has 13 heteroatoms. The number of nitrogens with one attached hydrogen (secondary N) is 1. The van der Waals surface area contributed by atoms with Crippen molar-refractivity contribution < 1.29 is 38.1 Å². The second-order valence-electron chi connectivity index (χ2n) is 11.1. The first-order valence-electron chi connectivity index (χ1n) is 13.5. The number of hydrogen-bond donors (Lipinski definition) is 1. The predicted molar refractivity (Wildman–Crippen MR) is 144 cm³/mol. The molecular formula is C28H37N5O8. The summed E-state index contributed by atoms with van der Waals surface area (Å²) >= 11 is 0. The number of carbonyl (C=O) groups is 4. The molecule has 1 aliphatic rings. The molecule has 13 nitrogen and oxygen atoms in total. The topological polar surface area (TPSA) is 171 Å². The van der Waals surface area contributed by atoms with Crippen LogP contribution in [0.15, 0.2) is 18.5 Å². The highest BCUT2D eigenvalue weighted by atomic mass is 16.7. The van der Waals surface area contributed by atoms with E-state index in [2.05, 4.69) is 21.5 Å².